The maximum absolute atomic E-state index is 8.67. The number of hydrogen-bond acceptors (Lipinski definition) is 2. The Hall–Kier alpha value is -0.0800. The minimum absolute atomic E-state index is 0.301. The monoisotopic (exact) mass is 157 g/mol. The summed E-state index contributed by atoms with van der Waals surface area (Å²) in [5.41, 5.74) is 0. The third-order valence-corrected chi connectivity index (χ3v) is 2.68. The molecular weight excluding hydrogens is 138 g/mol. The van der Waals surface area contributed by atoms with Gasteiger partial charge in [0.15, 0.2) is 0 Å². The highest BCUT2D eigenvalue weighted by atomic mass is 16.3. The second-order valence-electron chi connectivity index (χ2n) is 3.74. The van der Waals surface area contributed by atoms with Crippen LogP contribution in [0.15, 0.2) is 0 Å². The molecular formula is C9H19NO. The lowest BCUT2D eigenvalue weighted by atomic mass is 9.81. The van der Waals surface area contributed by atoms with E-state index in [-0.39, 0.29) is 0 Å². The molecule has 1 saturated carbocycles. The Morgan fingerprint density at radius 1 is 1.55 bits per heavy atom. The molecule has 0 aromatic heterocycles. The van der Waals surface area contributed by atoms with E-state index in [4.69, 9.17) is 5.11 Å². The van der Waals surface area contributed by atoms with Crippen molar-refractivity contribution in [1.82, 2.24) is 5.32 Å². The van der Waals surface area contributed by atoms with Gasteiger partial charge in [0.1, 0.15) is 0 Å². The Bertz CT molecular complexity index is 116. The van der Waals surface area contributed by atoms with Crippen molar-refractivity contribution in [1.29, 1.82) is 0 Å². The van der Waals surface area contributed by atoms with E-state index < -0.39 is 0 Å². The highest BCUT2D eigenvalue weighted by Gasteiger charge is 2.26. The van der Waals surface area contributed by atoms with E-state index in [2.05, 4.69) is 19.2 Å². The first kappa shape index (κ1) is 9.01. The molecule has 66 valence electrons. The van der Waals surface area contributed by atoms with Crippen molar-refractivity contribution >= 4 is 0 Å². The minimum Gasteiger partial charge on any atom is -0.396 e. The molecule has 1 aliphatic rings. The standard InChI is InChI=1S/C9H19NO/c1-7-3-4-9(7)10-8(2)5-6-11/h7-11H,3-6H2,1-2H3. The molecule has 0 heterocycles. The fourth-order valence-corrected chi connectivity index (χ4v) is 1.56. The molecule has 1 aliphatic carbocycles. The molecule has 0 aliphatic heterocycles. The molecule has 1 fully saturated rings. The van der Waals surface area contributed by atoms with Crippen LogP contribution in [0.3, 0.4) is 0 Å². The zero-order valence-corrected chi connectivity index (χ0v) is 7.51. The van der Waals surface area contributed by atoms with Gasteiger partial charge < -0.3 is 10.4 Å². The van der Waals surface area contributed by atoms with Gasteiger partial charge in [-0.3, -0.25) is 0 Å². The van der Waals surface area contributed by atoms with Crippen LogP contribution < -0.4 is 5.32 Å². The topological polar surface area (TPSA) is 32.3 Å². The van der Waals surface area contributed by atoms with E-state index in [1.165, 1.54) is 12.8 Å². The maximum atomic E-state index is 8.67. The van der Waals surface area contributed by atoms with E-state index in [0.717, 1.165) is 18.4 Å². The van der Waals surface area contributed by atoms with Crippen LogP contribution >= 0.6 is 0 Å². The third kappa shape index (κ3) is 2.46. The lowest BCUT2D eigenvalue weighted by Crippen LogP contribution is -2.46. The Balaban J connectivity index is 2.09. The van der Waals surface area contributed by atoms with Crippen LogP contribution in [0.1, 0.15) is 33.1 Å². The zero-order valence-electron chi connectivity index (χ0n) is 7.51. The number of hydrogen-bond donors (Lipinski definition) is 2. The summed E-state index contributed by atoms with van der Waals surface area (Å²) in [7, 11) is 0. The predicted octanol–water partition coefficient (Wildman–Crippen LogP) is 1.15. The van der Waals surface area contributed by atoms with Crippen LogP contribution in [0.4, 0.5) is 0 Å². The molecule has 0 bridgehead atoms. The van der Waals surface area contributed by atoms with Gasteiger partial charge in [0, 0.05) is 18.7 Å². The average Bonchev–Trinajstić information content (AvgIpc) is 1.98. The van der Waals surface area contributed by atoms with Gasteiger partial charge in [-0.15, -0.1) is 0 Å². The highest BCUT2D eigenvalue weighted by molar-refractivity contribution is 4.85. The van der Waals surface area contributed by atoms with E-state index in [0.29, 0.717) is 12.6 Å². The van der Waals surface area contributed by atoms with Crippen LogP contribution in [0, 0.1) is 5.92 Å². The second-order valence-corrected chi connectivity index (χ2v) is 3.74. The average molecular weight is 157 g/mol. The van der Waals surface area contributed by atoms with E-state index >= 15 is 0 Å². The smallest absolute Gasteiger partial charge is 0.0445 e. The van der Waals surface area contributed by atoms with E-state index in [9.17, 15) is 0 Å². The van der Waals surface area contributed by atoms with Gasteiger partial charge in [0.25, 0.3) is 0 Å². The molecule has 3 atom stereocenters. The fraction of sp³-hybridized carbons (Fsp3) is 1.00. The number of aliphatic hydroxyl groups excluding tert-OH is 1. The van der Waals surface area contributed by atoms with Crippen LogP contribution in [-0.2, 0) is 0 Å². The Kier molecular flexibility index (Phi) is 3.34. The molecule has 0 aromatic rings. The van der Waals surface area contributed by atoms with Gasteiger partial charge in [-0.25, -0.2) is 0 Å². The summed E-state index contributed by atoms with van der Waals surface area (Å²) < 4.78 is 0. The van der Waals surface area contributed by atoms with Crippen molar-refractivity contribution in [3.63, 3.8) is 0 Å². The molecule has 0 amide bonds. The van der Waals surface area contributed by atoms with E-state index in [1.54, 1.807) is 0 Å². The van der Waals surface area contributed by atoms with Gasteiger partial charge in [0.2, 0.25) is 0 Å². The molecule has 0 aromatic carbocycles. The Morgan fingerprint density at radius 3 is 2.64 bits per heavy atom. The normalized spacial score (nSPS) is 33.0. The van der Waals surface area contributed by atoms with Crippen LogP contribution in [0.25, 0.3) is 0 Å². The molecule has 0 radical (unpaired) electrons. The minimum atomic E-state index is 0.301. The third-order valence-electron chi connectivity index (χ3n) is 2.68. The van der Waals surface area contributed by atoms with Crippen molar-refractivity contribution in [2.24, 2.45) is 5.92 Å². The van der Waals surface area contributed by atoms with Crippen LogP contribution in [-0.4, -0.2) is 23.8 Å². The first-order chi connectivity index (χ1) is 5.24. The van der Waals surface area contributed by atoms with E-state index in [1.807, 2.05) is 0 Å². The summed E-state index contributed by atoms with van der Waals surface area (Å²) in [6.45, 7) is 4.73. The van der Waals surface area contributed by atoms with Crippen molar-refractivity contribution in [3.8, 4) is 0 Å². The second kappa shape index (κ2) is 4.07. The summed E-state index contributed by atoms with van der Waals surface area (Å²) in [6.07, 6.45) is 3.56. The molecule has 0 saturated heterocycles. The van der Waals surface area contributed by atoms with Gasteiger partial charge >= 0.3 is 0 Å². The fourth-order valence-electron chi connectivity index (χ4n) is 1.56. The summed E-state index contributed by atoms with van der Waals surface area (Å²) >= 11 is 0. The van der Waals surface area contributed by atoms with Crippen LogP contribution in [0.2, 0.25) is 0 Å². The Labute approximate surface area is 69.0 Å². The molecule has 0 spiro atoms. The first-order valence-electron chi connectivity index (χ1n) is 4.61. The number of nitrogens with one attached hydrogen (secondary N) is 1. The van der Waals surface area contributed by atoms with Crippen LogP contribution in [0.5, 0.6) is 0 Å². The molecule has 11 heavy (non-hydrogen) atoms. The van der Waals surface area contributed by atoms with Gasteiger partial charge in [0.05, 0.1) is 0 Å². The van der Waals surface area contributed by atoms with Crippen molar-refractivity contribution in [3.05, 3.63) is 0 Å². The van der Waals surface area contributed by atoms with Crippen molar-refractivity contribution < 1.29 is 5.11 Å². The molecule has 2 nitrogen and oxygen atoms in total. The largest absolute Gasteiger partial charge is 0.396 e. The molecule has 2 heteroatoms. The van der Waals surface area contributed by atoms with Gasteiger partial charge in [-0.2, -0.15) is 0 Å². The lowest BCUT2D eigenvalue weighted by Gasteiger charge is -2.36. The van der Waals surface area contributed by atoms with Gasteiger partial charge in [-0.05, 0) is 32.1 Å². The summed E-state index contributed by atoms with van der Waals surface area (Å²) in [4.78, 5) is 0. The van der Waals surface area contributed by atoms with Gasteiger partial charge in [-0.1, -0.05) is 6.92 Å². The summed E-state index contributed by atoms with van der Waals surface area (Å²) in [5.74, 6) is 0.844. The van der Waals surface area contributed by atoms with Crippen molar-refractivity contribution in [2.45, 2.75) is 45.2 Å². The Morgan fingerprint density at radius 2 is 2.27 bits per heavy atom. The molecule has 2 N–H and O–H groups in total. The number of rotatable bonds is 4. The molecule has 3 unspecified atom stereocenters. The maximum Gasteiger partial charge on any atom is 0.0445 e. The lowest BCUT2D eigenvalue weighted by molar-refractivity contribution is 0.194. The number of aliphatic hydroxyl groups is 1. The quantitative estimate of drug-likeness (QED) is 0.641. The summed E-state index contributed by atoms with van der Waals surface area (Å²) in [5, 5.41) is 12.2. The first-order valence-corrected chi connectivity index (χ1v) is 4.61. The zero-order chi connectivity index (χ0) is 8.27. The van der Waals surface area contributed by atoms with Crippen molar-refractivity contribution in [2.75, 3.05) is 6.61 Å². The SMILES string of the molecule is CC(CCO)NC1CCC1C. The summed E-state index contributed by atoms with van der Waals surface area (Å²) in [6, 6.07) is 1.20. The molecule has 1 rings (SSSR count). The predicted molar refractivity (Wildman–Crippen MR) is 46.5 cm³/mol. The highest BCUT2D eigenvalue weighted by Crippen LogP contribution is 2.26.